The van der Waals surface area contributed by atoms with E-state index in [-0.39, 0.29) is 11.7 Å². The van der Waals surface area contributed by atoms with Gasteiger partial charge in [-0.25, -0.2) is 0 Å². The summed E-state index contributed by atoms with van der Waals surface area (Å²) in [4.78, 5) is 10.5. The molecule has 2 atom stereocenters. The second-order valence-electron chi connectivity index (χ2n) is 2.86. The van der Waals surface area contributed by atoms with E-state index in [0.29, 0.717) is 6.42 Å². The molecule has 60 valence electrons. The Morgan fingerprint density at radius 3 is 2.40 bits per heavy atom. The average Bonchev–Trinajstić information content (AvgIpc) is 1.85. The lowest BCUT2D eigenvalue weighted by molar-refractivity contribution is -0.119. The molecule has 0 aromatic carbocycles. The lowest BCUT2D eigenvalue weighted by Gasteiger charge is -2.14. The van der Waals surface area contributed by atoms with Crippen LogP contribution in [-0.2, 0) is 4.79 Å². The molecule has 10 heavy (non-hydrogen) atoms. The molecule has 0 heterocycles. The minimum atomic E-state index is -0.442. The first-order valence-corrected chi connectivity index (χ1v) is 3.75. The molecule has 0 bridgehead atoms. The van der Waals surface area contributed by atoms with E-state index in [1.807, 2.05) is 13.8 Å². The number of ketones is 1. The minimum Gasteiger partial charge on any atom is -0.392 e. The van der Waals surface area contributed by atoms with Crippen molar-refractivity contribution in [2.24, 2.45) is 5.92 Å². The van der Waals surface area contributed by atoms with Gasteiger partial charge in [-0.15, -0.1) is 0 Å². The zero-order valence-corrected chi connectivity index (χ0v) is 6.92. The van der Waals surface area contributed by atoms with E-state index in [2.05, 4.69) is 0 Å². The van der Waals surface area contributed by atoms with Gasteiger partial charge in [0.2, 0.25) is 0 Å². The fourth-order valence-corrected chi connectivity index (χ4v) is 0.768. The number of Topliss-reactive ketones (excluding diaryl/α,β-unsaturated/α-hetero) is 1. The number of hydrogen-bond donors (Lipinski definition) is 1. The highest BCUT2D eigenvalue weighted by Crippen LogP contribution is 2.10. The van der Waals surface area contributed by atoms with Gasteiger partial charge in [0.25, 0.3) is 0 Å². The monoisotopic (exact) mass is 144 g/mol. The molecule has 1 N–H and O–H groups in total. The molecule has 0 spiro atoms. The van der Waals surface area contributed by atoms with Crippen molar-refractivity contribution in [2.75, 3.05) is 0 Å². The SMILES string of the molecule is CCC(C)[C@@H](O)CC(C)=O. The quantitative estimate of drug-likeness (QED) is 0.647. The standard InChI is InChI=1S/C8H16O2/c1-4-6(2)8(10)5-7(3)9/h6,8,10H,4-5H2,1-3H3/t6?,8-/m0/s1. The van der Waals surface area contributed by atoms with Gasteiger partial charge >= 0.3 is 0 Å². The molecule has 0 amide bonds. The Kier molecular flexibility index (Phi) is 4.28. The number of carbonyl (C=O) groups excluding carboxylic acids is 1. The van der Waals surface area contributed by atoms with Crippen molar-refractivity contribution in [3.05, 3.63) is 0 Å². The molecular formula is C8H16O2. The molecule has 0 aliphatic heterocycles. The van der Waals surface area contributed by atoms with E-state index in [0.717, 1.165) is 6.42 Å². The third-order valence-electron chi connectivity index (χ3n) is 1.80. The molecular weight excluding hydrogens is 128 g/mol. The molecule has 0 aromatic heterocycles. The Morgan fingerprint density at radius 2 is 2.10 bits per heavy atom. The van der Waals surface area contributed by atoms with Crippen LogP contribution in [0, 0.1) is 5.92 Å². The number of rotatable bonds is 4. The molecule has 2 nitrogen and oxygen atoms in total. The lowest BCUT2D eigenvalue weighted by Crippen LogP contribution is -2.19. The first kappa shape index (κ1) is 9.63. The van der Waals surface area contributed by atoms with Crippen LogP contribution in [0.3, 0.4) is 0 Å². The van der Waals surface area contributed by atoms with Gasteiger partial charge in [0.05, 0.1) is 6.10 Å². The van der Waals surface area contributed by atoms with Crippen LogP contribution in [0.1, 0.15) is 33.6 Å². The van der Waals surface area contributed by atoms with Crippen molar-refractivity contribution < 1.29 is 9.90 Å². The Labute approximate surface area is 62.2 Å². The third kappa shape index (κ3) is 3.62. The molecule has 0 aromatic rings. The van der Waals surface area contributed by atoms with E-state index in [4.69, 9.17) is 0 Å². The number of carbonyl (C=O) groups is 1. The molecule has 0 saturated carbocycles. The van der Waals surface area contributed by atoms with Crippen molar-refractivity contribution in [3.8, 4) is 0 Å². The summed E-state index contributed by atoms with van der Waals surface area (Å²) in [5.41, 5.74) is 0. The van der Waals surface area contributed by atoms with E-state index in [1.165, 1.54) is 6.92 Å². The summed E-state index contributed by atoms with van der Waals surface area (Å²) in [6, 6.07) is 0. The van der Waals surface area contributed by atoms with Crippen LogP contribution in [0.25, 0.3) is 0 Å². The van der Waals surface area contributed by atoms with Crippen molar-refractivity contribution >= 4 is 5.78 Å². The summed E-state index contributed by atoms with van der Waals surface area (Å²) in [6.07, 6.45) is 0.784. The fraction of sp³-hybridized carbons (Fsp3) is 0.875. The fourth-order valence-electron chi connectivity index (χ4n) is 0.768. The molecule has 0 radical (unpaired) electrons. The molecule has 2 heteroatoms. The normalized spacial score (nSPS) is 16.4. The Morgan fingerprint density at radius 1 is 1.60 bits per heavy atom. The predicted molar refractivity (Wildman–Crippen MR) is 40.8 cm³/mol. The number of aliphatic hydroxyl groups is 1. The zero-order valence-electron chi connectivity index (χ0n) is 6.92. The summed E-state index contributed by atoms with van der Waals surface area (Å²) in [6.45, 7) is 5.47. The van der Waals surface area contributed by atoms with Crippen molar-refractivity contribution in [2.45, 2.75) is 39.7 Å². The first-order valence-electron chi connectivity index (χ1n) is 3.75. The summed E-state index contributed by atoms with van der Waals surface area (Å²) >= 11 is 0. The molecule has 0 aliphatic carbocycles. The van der Waals surface area contributed by atoms with Crippen LogP contribution >= 0.6 is 0 Å². The predicted octanol–water partition coefficient (Wildman–Crippen LogP) is 1.37. The van der Waals surface area contributed by atoms with Crippen LogP contribution < -0.4 is 0 Å². The molecule has 0 aliphatic rings. The first-order chi connectivity index (χ1) is 4.57. The maximum atomic E-state index is 10.5. The van der Waals surface area contributed by atoms with Crippen molar-refractivity contribution in [3.63, 3.8) is 0 Å². The summed E-state index contributed by atoms with van der Waals surface area (Å²) in [7, 11) is 0. The average molecular weight is 144 g/mol. The second kappa shape index (κ2) is 4.45. The molecule has 1 unspecified atom stereocenters. The maximum Gasteiger partial charge on any atom is 0.132 e. The number of aliphatic hydroxyl groups excluding tert-OH is 1. The van der Waals surface area contributed by atoms with Gasteiger partial charge in [0.15, 0.2) is 0 Å². The summed E-state index contributed by atoms with van der Waals surface area (Å²) < 4.78 is 0. The van der Waals surface area contributed by atoms with Crippen molar-refractivity contribution in [1.29, 1.82) is 0 Å². The highest BCUT2D eigenvalue weighted by Gasteiger charge is 2.13. The van der Waals surface area contributed by atoms with E-state index >= 15 is 0 Å². The van der Waals surface area contributed by atoms with Gasteiger partial charge in [-0.2, -0.15) is 0 Å². The van der Waals surface area contributed by atoms with Gasteiger partial charge in [0, 0.05) is 6.42 Å². The number of hydrogen-bond acceptors (Lipinski definition) is 2. The van der Waals surface area contributed by atoms with E-state index < -0.39 is 6.10 Å². The van der Waals surface area contributed by atoms with Crippen LogP contribution in [0.2, 0.25) is 0 Å². The minimum absolute atomic E-state index is 0.0628. The van der Waals surface area contributed by atoms with Gasteiger partial charge in [-0.1, -0.05) is 20.3 Å². The summed E-state index contributed by atoms with van der Waals surface area (Å²) in [5, 5.41) is 9.27. The van der Waals surface area contributed by atoms with Crippen LogP contribution in [0.5, 0.6) is 0 Å². The Bertz CT molecular complexity index is 110. The van der Waals surface area contributed by atoms with Gasteiger partial charge in [-0.3, -0.25) is 4.79 Å². The smallest absolute Gasteiger partial charge is 0.132 e. The Hall–Kier alpha value is -0.370. The maximum absolute atomic E-state index is 10.5. The Balaban J connectivity index is 3.61. The van der Waals surface area contributed by atoms with Crippen molar-refractivity contribution in [1.82, 2.24) is 0 Å². The second-order valence-corrected chi connectivity index (χ2v) is 2.86. The van der Waals surface area contributed by atoms with Gasteiger partial charge < -0.3 is 5.11 Å². The van der Waals surface area contributed by atoms with Gasteiger partial charge in [-0.05, 0) is 12.8 Å². The lowest BCUT2D eigenvalue weighted by atomic mass is 9.98. The largest absolute Gasteiger partial charge is 0.392 e. The highest BCUT2D eigenvalue weighted by atomic mass is 16.3. The highest BCUT2D eigenvalue weighted by molar-refractivity contribution is 5.75. The van der Waals surface area contributed by atoms with Gasteiger partial charge in [0.1, 0.15) is 5.78 Å². The molecule has 0 rings (SSSR count). The van der Waals surface area contributed by atoms with Crippen LogP contribution in [0.15, 0.2) is 0 Å². The summed E-state index contributed by atoms with van der Waals surface area (Å²) in [5.74, 6) is 0.303. The topological polar surface area (TPSA) is 37.3 Å². The van der Waals surface area contributed by atoms with E-state index in [1.54, 1.807) is 0 Å². The van der Waals surface area contributed by atoms with E-state index in [9.17, 15) is 9.90 Å². The molecule has 0 saturated heterocycles. The zero-order chi connectivity index (χ0) is 8.15. The van der Waals surface area contributed by atoms with Crippen LogP contribution in [-0.4, -0.2) is 17.0 Å². The third-order valence-corrected chi connectivity index (χ3v) is 1.80. The molecule has 0 fully saturated rings. The van der Waals surface area contributed by atoms with Crippen LogP contribution in [0.4, 0.5) is 0 Å².